The molecule has 1 aromatic carbocycles. The Labute approximate surface area is 139 Å². The summed E-state index contributed by atoms with van der Waals surface area (Å²) in [7, 11) is 0. The van der Waals surface area contributed by atoms with Crippen molar-refractivity contribution in [2.75, 3.05) is 13.2 Å². The Morgan fingerprint density at radius 1 is 1.12 bits per heavy atom. The van der Waals surface area contributed by atoms with Gasteiger partial charge in [-0.3, -0.25) is 24.6 Å². The zero-order valence-corrected chi connectivity index (χ0v) is 13.4. The highest BCUT2D eigenvalue weighted by Gasteiger charge is 2.51. The minimum Gasteiger partial charge on any atom is -0.492 e. The molecule has 2 fully saturated rings. The van der Waals surface area contributed by atoms with Crippen LogP contribution < -0.4 is 4.74 Å². The van der Waals surface area contributed by atoms with Gasteiger partial charge in [-0.1, -0.05) is 19.3 Å². The predicted octanol–water partition coefficient (Wildman–Crippen LogP) is 2.68. The summed E-state index contributed by atoms with van der Waals surface area (Å²) < 4.78 is 5.51. The third kappa shape index (κ3) is 3.11. The molecule has 24 heavy (non-hydrogen) atoms. The molecule has 0 radical (unpaired) electrons. The van der Waals surface area contributed by atoms with Crippen LogP contribution >= 0.6 is 0 Å². The molecule has 0 N–H and O–H groups in total. The van der Waals surface area contributed by atoms with E-state index in [2.05, 4.69) is 0 Å². The fourth-order valence-corrected chi connectivity index (χ4v) is 3.62. The van der Waals surface area contributed by atoms with E-state index in [4.69, 9.17) is 4.74 Å². The van der Waals surface area contributed by atoms with Crippen LogP contribution in [-0.4, -0.2) is 34.8 Å². The maximum atomic E-state index is 12.6. The van der Waals surface area contributed by atoms with Crippen LogP contribution in [0, 0.1) is 15.5 Å². The molecule has 7 heteroatoms. The van der Waals surface area contributed by atoms with Gasteiger partial charge >= 0.3 is 0 Å². The smallest absolute Gasteiger partial charge is 0.269 e. The van der Waals surface area contributed by atoms with Crippen molar-refractivity contribution in [2.45, 2.75) is 38.5 Å². The second kappa shape index (κ2) is 6.59. The molecule has 0 bridgehead atoms. The molecular formula is C17H20N2O5. The Morgan fingerprint density at radius 2 is 1.79 bits per heavy atom. The number of hydrogen-bond acceptors (Lipinski definition) is 5. The van der Waals surface area contributed by atoms with Gasteiger partial charge in [0.05, 0.1) is 16.9 Å². The Balaban J connectivity index is 1.55. The van der Waals surface area contributed by atoms with E-state index in [0.717, 1.165) is 32.1 Å². The number of rotatable bonds is 5. The van der Waals surface area contributed by atoms with Crippen molar-refractivity contribution in [3.05, 3.63) is 34.4 Å². The lowest BCUT2D eigenvalue weighted by Crippen LogP contribution is -2.38. The molecule has 1 aromatic rings. The average Bonchev–Trinajstić information content (AvgIpc) is 2.80. The van der Waals surface area contributed by atoms with Gasteiger partial charge in [0.15, 0.2) is 0 Å². The molecule has 1 aliphatic carbocycles. The third-order valence-electron chi connectivity index (χ3n) is 4.93. The molecule has 1 heterocycles. The van der Waals surface area contributed by atoms with E-state index in [1.54, 1.807) is 0 Å². The monoisotopic (exact) mass is 332 g/mol. The summed E-state index contributed by atoms with van der Waals surface area (Å²) in [5.74, 6) is 0.306. The Morgan fingerprint density at radius 3 is 2.42 bits per heavy atom. The average molecular weight is 332 g/mol. The quantitative estimate of drug-likeness (QED) is 0.470. The number of amides is 2. The van der Waals surface area contributed by atoms with Crippen molar-refractivity contribution < 1.29 is 19.2 Å². The van der Waals surface area contributed by atoms with E-state index in [-0.39, 0.29) is 30.7 Å². The van der Waals surface area contributed by atoms with Gasteiger partial charge < -0.3 is 4.74 Å². The normalized spacial score (nSPS) is 19.8. The molecule has 1 saturated carbocycles. The molecule has 1 saturated heterocycles. The zero-order chi connectivity index (χ0) is 17.2. The second-order valence-electron chi connectivity index (χ2n) is 6.47. The maximum absolute atomic E-state index is 12.6. The number of hydrogen-bond donors (Lipinski definition) is 0. The molecule has 1 aliphatic heterocycles. The van der Waals surface area contributed by atoms with Gasteiger partial charge in [-0.2, -0.15) is 0 Å². The minimum absolute atomic E-state index is 0.00788. The van der Waals surface area contributed by atoms with E-state index < -0.39 is 10.3 Å². The fraction of sp³-hybridized carbons (Fsp3) is 0.529. The first-order valence-electron chi connectivity index (χ1n) is 8.24. The van der Waals surface area contributed by atoms with Gasteiger partial charge in [0, 0.05) is 18.6 Å². The number of imide groups is 1. The van der Waals surface area contributed by atoms with Crippen LogP contribution in [-0.2, 0) is 9.59 Å². The van der Waals surface area contributed by atoms with Crippen molar-refractivity contribution in [1.82, 2.24) is 4.90 Å². The number of nitro groups is 1. The molecule has 128 valence electrons. The van der Waals surface area contributed by atoms with Crippen molar-refractivity contribution in [1.29, 1.82) is 0 Å². The Bertz CT molecular complexity index is 649. The topological polar surface area (TPSA) is 89.8 Å². The van der Waals surface area contributed by atoms with Crippen LogP contribution in [0.5, 0.6) is 5.75 Å². The predicted molar refractivity (Wildman–Crippen MR) is 85.4 cm³/mol. The molecular weight excluding hydrogens is 312 g/mol. The van der Waals surface area contributed by atoms with Crippen molar-refractivity contribution in [2.24, 2.45) is 5.41 Å². The lowest BCUT2D eigenvalue weighted by atomic mass is 9.73. The minimum atomic E-state index is -0.477. The highest BCUT2D eigenvalue weighted by atomic mass is 16.6. The van der Waals surface area contributed by atoms with Crippen LogP contribution in [0.15, 0.2) is 24.3 Å². The molecule has 0 aromatic heterocycles. The molecule has 1 spiro atoms. The number of benzene rings is 1. The van der Waals surface area contributed by atoms with E-state index >= 15 is 0 Å². The van der Waals surface area contributed by atoms with Crippen LogP contribution in [0.2, 0.25) is 0 Å². The first-order chi connectivity index (χ1) is 11.5. The zero-order valence-electron chi connectivity index (χ0n) is 13.4. The number of carbonyl (C=O) groups excluding carboxylic acids is 2. The van der Waals surface area contributed by atoms with E-state index in [1.807, 2.05) is 0 Å². The number of ether oxygens (including phenoxy) is 1. The molecule has 0 atom stereocenters. The largest absolute Gasteiger partial charge is 0.492 e. The van der Waals surface area contributed by atoms with Gasteiger partial charge in [0.2, 0.25) is 11.8 Å². The maximum Gasteiger partial charge on any atom is 0.269 e. The van der Waals surface area contributed by atoms with E-state index in [1.165, 1.54) is 29.2 Å². The van der Waals surface area contributed by atoms with Crippen molar-refractivity contribution in [3.63, 3.8) is 0 Å². The summed E-state index contributed by atoms with van der Waals surface area (Å²) in [6.45, 7) is 0.405. The summed E-state index contributed by atoms with van der Waals surface area (Å²) in [6.07, 6.45) is 5.07. The van der Waals surface area contributed by atoms with Crippen LogP contribution in [0.4, 0.5) is 5.69 Å². The number of non-ortho nitro benzene ring substituents is 1. The van der Waals surface area contributed by atoms with E-state index in [9.17, 15) is 19.7 Å². The molecule has 7 nitrogen and oxygen atoms in total. The summed E-state index contributed by atoms with van der Waals surface area (Å²) in [5.41, 5.74) is -0.477. The summed E-state index contributed by atoms with van der Waals surface area (Å²) >= 11 is 0. The first-order valence-corrected chi connectivity index (χ1v) is 8.24. The third-order valence-corrected chi connectivity index (χ3v) is 4.93. The number of carbonyl (C=O) groups is 2. The highest BCUT2D eigenvalue weighted by molar-refractivity contribution is 6.05. The van der Waals surface area contributed by atoms with Crippen LogP contribution in [0.25, 0.3) is 0 Å². The molecule has 0 unspecified atom stereocenters. The van der Waals surface area contributed by atoms with Gasteiger partial charge in [0.1, 0.15) is 12.4 Å². The second-order valence-corrected chi connectivity index (χ2v) is 6.47. The fourth-order valence-electron chi connectivity index (χ4n) is 3.62. The molecule has 2 amide bonds. The number of nitro benzene ring substituents is 1. The van der Waals surface area contributed by atoms with Crippen molar-refractivity contribution >= 4 is 17.5 Å². The van der Waals surface area contributed by atoms with Crippen LogP contribution in [0.3, 0.4) is 0 Å². The number of likely N-dealkylation sites (tertiary alicyclic amines) is 1. The van der Waals surface area contributed by atoms with E-state index in [0.29, 0.717) is 12.2 Å². The first kappa shape index (κ1) is 16.4. The SMILES string of the molecule is O=C1CC2(CCCCC2)C(=O)N1CCOc1ccc([N+](=O)[O-])cc1. The van der Waals surface area contributed by atoms with Crippen LogP contribution in [0.1, 0.15) is 38.5 Å². The standard InChI is InChI=1S/C17H20N2O5/c20-15-12-17(8-2-1-3-9-17)16(21)18(15)10-11-24-14-6-4-13(5-7-14)19(22)23/h4-7H,1-3,8-12H2. The van der Waals surface area contributed by atoms with Gasteiger partial charge in [-0.15, -0.1) is 0 Å². The lowest BCUT2D eigenvalue weighted by molar-refractivity contribution is -0.384. The highest BCUT2D eigenvalue weighted by Crippen LogP contribution is 2.45. The molecule has 3 rings (SSSR count). The summed E-state index contributed by atoms with van der Waals surface area (Å²) in [5, 5.41) is 10.6. The van der Waals surface area contributed by atoms with Crippen molar-refractivity contribution in [3.8, 4) is 5.75 Å². The van der Waals surface area contributed by atoms with Gasteiger partial charge in [-0.25, -0.2) is 0 Å². The lowest BCUT2D eigenvalue weighted by Gasteiger charge is -2.30. The summed E-state index contributed by atoms with van der Waals surface area (Å²) in [4.78, 5) is 36.3. The molecule has 2 aliphatic rings. The Hall–Kier alpha value is -2.44. The van der Waals surface area contributed by atoms with Gasteiger partial charge in [-0.05, 0) is 25.0 Å². The van der Waals surface area contributed by atoms with Gasteiger partial charge in [0.25, 0.3) is 5.69 Å². The number of nitrogens with zero attached hydrogens (tertiary/aromatic N) is 2. The summed E-state index contributed by atoms with van der Waals surface area (Å²) in [6, 6.07) is 5.74. The Kier molecular flexibility index (Phi) is 4.51.